The zero-order valence-corrected chi connectivity index (χ0v) is 17.9. The molecule has 1 unspecified atom stereocenters. The van der Waals surface area contributed by atoms with Crippen molar-refractivity contribution in [1.82, 2.24) is 24.6 Å². The van der Waals surface area contributed by atoms with E-state index in [1.54, 1.807) is 0 Å². The van der Waals surface area contributed by atoms with Crippen LogP contribution < -0.4 is 4.90 Å². The second-order valence-electron chi connectivity index (χ2n) is 8.46. The van der Waals surface area contributed by atoms with Gasteiger partial charge >= 0.3 is 0 Å². The van der Waals surface area contributed by atoms with Gasteiger partial charge in [-0.1, -0.05) is 30.3 Å². The van der Waals surface area contributed by atoms with E-state index in [0.717, 1.165) is 61.9 Å². The maximum atomic E-state index is 9.49. The molecule has 2 aromatic heterocycles. The van der Waals surface area contributed by atoms with Crippen LogP contribution in [-0.2, 0) is 13.1 Å². The molecule has 0 spiro atoms. The van der Waals surface area contributed by atoms with Gasteiger partial charge in [0.1, 0.15) is 0 Å². The van der Waals surface area contributed by atoms with Crippen LogP contribution in [0.4, 0.5) is 5.95 Å². The Labute approximate surface area is 183 Å². The van der Waals surface area contributed by atoms with Gasteiger partial charge in [-0.05, 0) is 43.9 Å². The third kappa shape index (κ3) is 4.34. The number of hydrogen-bond donors (Lipinski definition) is 1. The Morgan fingerprint density at radius 3 is 2.65 bits per heavy atom. The Hall–Kier alpha value is -2.77. The molecule has 0 amide bonds. The van der Waals surface area contributed by atoms with Crippen LogP contribution in [0.2, 0.25) is 0 Å². The molecule has 4 heterocycles. The number of nitrogens with zero attached hydrogens (tertiary/aromatic N) is 6. The van der Waals surface area contributed by atoms with Gasteiger partial charge in [-0.25, -0.2) is 9.97 Å². The van der Waals surface area contributed by atoms with E-state index in [0.29, 0.717) is 6.54 Å². The van der Waals surface area contributed by atoms with Gasteiger partial charge in [0.15, 0.2) is 0 Å². The zero-order chi connectivity index (χ0) is 21.0. The molecule has 7 heteroatoms. The maximum Gasteiger partial charge on any atom is 0.225 e. The maximum absolute atomic E-state index is 9.49. The van der Waals surface area contributed by atoms with Crippen molar-refractivity contribution >= 4 is 5.95 Å². The van der Waals surface area contributed by atoms with Crippen LogP contribution in [0.3, 0.4) is 0 Å². The van der Waals surface area contributed by atoms with E-state index >= 15 is 0 Å². The summed E-state index contributed by atoms with van der Waals surface area (Å²) in [6, 6.07) is 12.9. The van der Waals surface area contributed by atoms with E-state index in [2.05, 4.69) is 45.1 Å². The van der Waals surface area contributed by atoms with Gasteiger partial charge in [-0.2, -0.15) is 5.10 Å². The Bertz CT molecular complexity index is 998. The molecule has 0 radical (unpaired) electrons. The number of rotatable bonds is 7. The van der Waals surface area contributed by atoms with E-state index in [1.807, 2.05) is 23.1 Å². The summed E-state index contributed by atoms with van der Waals surface area (Å²) in [5.74, 6) is 0.809. The third-order valence-electron chi connectivity index (χ3n) is 6.33. The Morgan fingerprint density at radius 2 is 1.84 bits per heavy atom. The van der Waals surface area contributed by atoms with E-state index < -0.39 is 0 Å². The first kappa shape index (κ1) is 20.2. The summed E-state index contributed by atoms with van der Waals surface area (Å²) in [5, 5.41) is 14.4. The van der Waals surface area contributed by atoms with Gasteiger partial charge in [0.2, 0.25) is 5.95 Å². The van der Waals surface area contributed by atoms with Crippen molar-refractivity contribution < 1.29 is 5.11 Å². The predicted octanol–water partition coefficient (Wildman–Crippen LogP) is 3.27. The smallest absolute Gasteiger partial charge is 0.225 e. The molecule has 3 aromatic rings. The Balaban J connectivity index is 1.48. The number of aliphatic hydroxyl groups is 1. The van der Waals surface area contributed by atoms with E-state index in [1.165, 1.54) is 18.4 Å². The fraction of sp³-hybridized carbons (Fsp3) is 0.458. The molecule has 2 fully saturated rings. The number of anilines is 1. The van der Waals surface area contributed by atoms with Crippen molar-refractivity contribution in [3.63, 3.8) is 0 Å². The number of hydrogen-bond acceptors (Lipinski definition) is 6. The van der Waals surface area contributed by atoms with Gasteiger partial charge in [0, 0.05) is 37.6 Å². The van der Waals surface area contributed by atoms with Gasteiger partial charge < -0.3 is 10.0 Å². The summed E-state index contributed by atoms with van der Waals surface area (Å²) < 4.78 is 1.86. The molecule has 0 aliphatic carbocycles. The van der Waals surface area contributed by atoms with Crippen molar-refractivity contribution in [3.05, 3.63) is 60.0 Å². The van der Waals surface area contributed by atoms with Crippen LogP contribution >= 0.6 is 0 Å². The normalized spacial score (nSPS) is 19.4. The van der Waals surface area contributed by atoms with Crippen molar-refractivity contribution in [2.45, 2.75) is 44.8 Å². The Morgan fingerprint density at radius 1 is 1.00 bits per heavy atom. The highest BCUT2D eigenvalue weighted by atomic mass is 16.3. The summed E-state index contributed by atoms with van der Waals surface area (Å²) in [4.78, 5) is 14.2. The first-order valence-electron chi connectivity index (χ1n) is 11.4. The van der Waals surface area contributed by atoms with Gasteiger partial charge in [0.25, 0.3) is 0 Å². The van der Waals surface area contributed by atoms with Gasteiger partial charge in [-0.3, -0.25) is 9.58 Å². The number of likely N-dealkylation sites (tertiary alicyclic amines) is 1. The molecule has 1 aromatic carbocycles. The average Bonchev–Trinajstić information content (AvgIpc) is 3.56. The molecule has 1 atom stereocenters. The molecule has 2 saturated heterocycles. The van der Waals surface area contributed by atoms with Crippen molar-refractivity contribution in [1.29, 1.82) is 0 Å². The monoisotopic (exact) mass is 418 g/mol. The minimum Gasteiger partial charge on any atom is -0.394 e. The summed E-state index contributed by atoms with van der Waals surface area (Å²) in [6.07, 6.45) is 8.54. The fourth-order valence-electron chi connectivity index (χ4n) is 4.81. The summed E-state index contributed by atoms with van der Waals surface area (Å²) >= 11 is 0. The lowest BCUT2D eigenvalue weighted by Crippen LogP contribution is -2.24. The van der Waals surface area contributed by atoms with Crippen LogP contribution in [0, 0.1) is 0 Å². The third-order valence-corrected chi connectivity index (χ3v) is 6.33. The molecule has 162 valence electrons. The highest BCUT2D eigenvalue weighted by molar-refractivity contribution is 5.63. The molecular formula is C24H30N6O. The number of benzene rings is 1. The molecule has 0 bridgehead atoms. The van der Waals surface area contributed by atoms with Crippen molar-refractivity contribution in [2.75, 3.05) is 31.1 Å². The lowest BCUT2D eigenvalue weighted by atomic mass is 10.0. The fourth-order valence-corrected chi connectivity index (χ4v) is 4.81. The molecule has 1 N–H and O–H groups in total. The largest absolute Gasteiger partial charge is 0.394 e. The molecule has 2 aliphatic heterocycles. The second-order valence-corrected chi connectivity index (χ2v) is 8.46. The quantitative estimate of drug-likeness (QED) is 0.635. The minimum atomic E-state index is 0.0712. The average molecular weight is 419 g/mol. The van der Waals surface area contributed by atoms with Crippen LogP contribution in [0.25, 0.3) is 11.3 Å². The van der Waals surface area contributed by atoms with E-state index in [-0.39, 0.29) is 12.6 Å². The first-order chi connectivity index (χ1) is 15.3. The summed E-state index contributed by atoms with van der Waals surface area (Å²) in [6.45, 7) is 4.58. The van der Waals surface area contributed by atoms with Crippen LogP contribution in [-0.4, -0.2) is 56.0 Å². The molecule has 31 heavy (non-hydrogen) atoms. The lowest BCUT2D eigenvalue weighted by Gasteiger charge is -2.24. The summed E-state index contributed by atoms with van der Waals surface area (Å²) in [7, 11) is 0. The lowest BCUT2D eigenvalue weighted by molar-refractivity contribution is 0.240. The zero-order valence-electron chi connectivity index (χ0n) is 17.9. The Kier molecular flexibility index (Phi) is 5.95. The van der Waals surface area contributed by atoms with Crippen molar-refractivity contribution in [3.8, 4) is 11.3 Å². The SMILES string of the molecule is OCCn1cc(-c2ccnc(N3CCCC3)n2)c(C2CCCN2Cc2ccccc2)n1. The number of aliphatic hydroxyl groups excluding tert-OH is 1. The highest BCUT2D eigenvalue weighted by Gasteiger charge is 2.31. The van der Waals surface area contributed by atoms with E-state index in [4.69, 9.17) is 10.1 Å². The van der Waals surface area contributed by atoms with Crippen LogP contribution in [0.15, 0.2) is 48.8 Å². The number of aromatic nitrogens is 4. The summed E-state index contributed by atoms with van der Waals surface area (Å²) in [5.41, 5.74) is 4.36. The van der Waals surface area contributed by atoms with E-state index in [9.17, 15) is 5.11 Å². The molecule has 7 nitrogen and oxygen atoms in total. The van der Waals surface area contributed by atoms with Gasteiger partial charge in [-0.15, -0.1) is 0 Å². The molecule has 2 aliphatic rings. The highest BCUT2D eigenvalue weighted by Crippen LogP contribution is 2.37. The molecular weight excluding hydrogens is 388 g/mol. The predicted molar refractivity (Wildman–Crippen MR) is 121 cm³/mol. The second kappa shape index (κ2) is 9.16. The van der Waals surface area contributed by atoms with Crippen molar-refractivity contribution in [2.24, 2.45) is 0 Å². The minimum absolute atomic E-state index is 0.0712. The van der Waals surface area contributed by atoms with Crippen LogP contribution in [0.5, 0.6) is 0 Å². The topological polar surface area (TPSA) is 70.3 Å². The van der Waals surface area contributed by atoms with Gasteiger partial charge in [0.05, 0.1) is 30.6 Å². The first-order valence-corrected chi connectivity index (χ1v) is 11.4. The van der Waals surface area contributed by atoms with Crippen LogP contribution in [0.1, 0.15) is 43.0 Å². The molecule has 0 saturated carbocycles. The standard InChI is InChI=1S/C24H30N6O/c31-16-15-30-18-20(21-10-11-25-24(26-21)28-12-4-5-13-28)23(27-30)22-9-6-14-29(22)17-19-7-2-1-3-8-19/h1-3,7-8,10-11,18,22,31H,4-6,9,12-17H2. The molecule has 5 rings (SSSR count).